The van der Waals surface area contributed by atoms with Crippen LogP contribution in [0.25, 0.3) is 11.6 Å². The van der Waals surface area contributed by atoms with E-state index in [1.54, 1.807) is 0 Å². The summed E-state index contributed by atoms with van der Waals surface area (Å²) >= 11 is 0. The van der Waals surface area contributed by atoms with Crippen molar-refractivity contribution in [1.29, 1.82) is 0 Å². The summed E-state index contributed by atoms with van der Waals surface area (Å²) < 4.78 is 0. The molecule has 0 fully saturated rings. The standard InChI is InChI=1S/C19H22/c1-3-4-12-19(15-17-10-6-5-7-11-17)18-13-8-9-16(2)14-18/h5-11,13-15H,3-4,12H2,1-2H3/b19-15+. The third-order valence-corrected chi connectivity index (χ3v) is 3.33. The maximum absolute atomic E-state index is 2.32. The van der Waals surface area contributed by atoms with Gasteiger partial charge in [0.1, 0.15) is 0 Å². The lowest BCUT2D eigenvalue weighted by Gasteiger charge is -2.09. The van der Waals surface area contributed by atoms with Gasteiger partial charge in [0.15, 0.2) is 0 Å². The smallest absolute Gasteiger partial charge is 0.0222 e. The van der Waals surface area contributed by atoms with Crippen LogP contribution >= 0.6 is 0 Å². The van der Waals surface area contributed by atoms with Crippen molar-refractivity contribution in [2.75, 3.05) is 0 Å². The fraction of sp³-hybridized carbons (Fsp3) is 0.263. The minimum atomic E-state index is 1.15. The van der Waals surface area contributed by atoms with Gasteiger partial charge in [0.25, 0.3) is 0 Å². The van der Waals surface area contributed by atoms with Gasteiger partial charge in [0, 0.05) is 0 Å². The maximum atomic E-state index is 2.32. The SMILES string of the molecule is CCCC/C(=C\c1ccccc1)c1cccc(C)c1. The van der Waals surface area contributed by atoms with Crippen LogP contribution in [-0.2, 0) is 0 Å². The number of benzene rings is 2. The summed E-state index contributed by atoms with van der Waals surface area (Å²) in [6.45, 7) is 4.40. The van der Waals surface area contributed by atoms with E-state index in [2.05, 4.69) is 74.5 Å². The van der Waals surface area contributed by atoms with Crippen molar-refractivity contribution in [3.63, 3.8) is 0 Å². The Balaban J connectivity index is 2.33. The molecule has 0 heteroatoms. The molecule has 0 saturated carbocycles. The van der Waals surface area contributed by atoms with E-state index < -0.39 is 0 Å². The molecule has 0 aliphatic heterocycles. The van der Waals surface area contributed by atoms with Crippen molar-refractivity contribution >= 4 is 11.6 Å². The van der Waals surface area contributed by atoms with E-state index in [1.807, 2.05) is 0 Å². The monoisotopic (exact) mass is 250 g/mol. The van der Waals surface area contributed by atoms with Crippen molar-refractivity contribution < 1.29 is 0 Å². The molecule has 0 atom stereocenters. The average Bonchev–Trinajstić information content (AvgIpc) is 2.44. The molecule has 0 spiro atoms. The van der Waals surface area contributed by atoms with E-state index in [1.165, 1.54) is 35.1 Å². The molecule has 0 bridgehead atoms. The zero-order valence-corrected chi connectivity index (χ0v) is 11.9. The van der Waals surface area contributed by atoms with Crippen molar-refractivity contribution in [3.05, 3.63) is 71.3 Å². The topological polar surface area (TPSA) is 0 Å². The normalized spacial score (nSPS) is 11.6. The Bertz CT molecular complexity index is 535. The van der Waals surface area contributed by atoms with E-state index in [0.717, 1.165) is 6.42 Å². The molecule has 0 N–H and O–H groups in total. The summed E-state index contributed by atoms with van der Waals surface area (Å²) in [5, 5.41) is 0. The Morgan fingerprint density at radius 1 is 1.00 bits per heavy atom. The third kappa shape index (κ3) is 4.10. The van der Waals surface area contributed by atoms with Crippen LogP contribution in [-0.4, -0.2) is 0 Å². The van der Waals surface area contributed by atoms with Gasteiger partial charge in [-0.3, -0.25) is 0 Å². The molecule has 2 rings (SSSR count). The van der Waals surface area contributed by atoms with Gasteiger partial charge in [-0.15, -0.1) is 0 Å². The molecule has 0 heterocycles. The number of aryl methyl sites for hydroxylation is 1. The summed E-state index contributed by atoms with van der Waals surface area (Å²) in [5.74, 6) is 0. The van der Waals surface area contributed by atoms with Gasteiger partial charge in [-0.05, 0) is 36.5 Å². The van der Waals surface area contributed by atoms with Crippen LogP contribution < -0.4 is 0 Å². The zero-order valence-electron chi connectivity index (χ0n) is 11.9. The van der Waals surface area contributed by atoms with E-state index >= 15 is 0 Å². The number of hydrogen-bond donors (Lipinski definition) is 0. The van der Waals surface area contributed by atoms with Crippen molar-refractivity contribution in [3.8, 4) is 0 Å². The molecular weight excluding hydrogens is 228 g/mol. The molecule has 0 unspecified atom stereocenters. The minimum absolute atomic E-state index is 1.15. The zero-order chi connectivity index (χ0) is 13.5. The lowest BCUT2D eigenvalue weighted by atomic mass is 9.96. The van der Waals surface area contributed by atoms with Gasteiger partial charge < -0.3 is 0 Å². The molecule has 19 heavy (non-hydrogen) atoms. The Kier molecular flexibility index (Phi) is 4.97. The van der Waals surface area contributed by atoms with E-state index in [-0.39, 0.29) is 0 Å². The molecule has 0 radical (unpaired) electrons. The van der Waals surface area contributed by atoms with E-state index in [0.29, 0.717) is 0 Å². The quantitative estimate of drug-likeness (QED) is 0.595. The lowest BCUT2D eigenvalue weighted by Crippen LogP contribution is -1.87. The summed E-state index contributed by atoms with van der Waals surface area (Å²) in [4.78, 5) is 0. The van der Waals surface area contributed by atoms with E-state index in [4.69, 9.17) is 0 Å². The van der Waals surface area contributed by atoms with Gasteiger partial charge >= 0.3 is 0 Å². The van der Waals surface area contributed by atoms with Crippen LogP contribution in [0.3, 0.4) is 0 Å². The van der Waals surface area contributed by atoms with Crippen LogP contribution in [0.4, 0.5) is 0 Å². The van der Waals surface area contributed by atoms with Crippen LogP contribution in [0.1, 0.15) is 42.9 Å². The molecular formula is C19H22. The highest BCUT2D eigenvalue weighted by molar-refractivity contribution is 5.81. The number of hydrogen-bond acceptors (Lipinski definition) is 0. The van der Waals surface area contributed by atoms with E-state index in [9.17, 15) is 0 Å². The molecule has 2 aromatic carbocycles. The highest BCUT2D eigenvalue weighted by atomic mass is 14.1. The van der Waals surface area contributed by atoms with Gasteiger partial charge in [-0.25, -0.2) is 0 Å². The fourth-order valence-electron chi connectivity index (χ4n) is 2.26. The predicted molar refractivity (Wildman–Crippen MR) is 85.0 cm³/mol. The molecule has 0 aromatic heterocycles. The van der Waals surface area contributed by atoms with Gasteiger partial charge in [0.05, 0.1) is 0 Å². The van der Waals surface area contributed by atoms with Crippen LogP contribution in [0.2, 0.25) is 0 Å². The molecule has 0 nitrogen and oxygen atoms in total. The van der Waals surface area contributed by atoms with Crippen LogP contribution in [0.15, 0.2) is 54.6 Å². The van der Waals surface area contributed by atoms with Crippen molar-refractivity contribution in [2.45, 2.75) is 33.1 Å². The summed E-state index contributed by atoms with van der Waals surface area (Å²) in [6, 6.07) is 19.4. The third-order valence-electron chi connectivity index (χ3n) is 3.33. The average molecular weight is 250 g/mol. The first-order chi connectivity index (χ1) is 9.29. The Morgan fingerprint density at radius 3 is 2.47 bits per heavy atom. The lowest BCUT2D eigenvalue weighted by molar-refractivity contribution is 0.825. The first kappa shape index (κ1) is 13.6. The predicted octanol–water partition coefficient (Wildman–Crippen LogP) is 5.73. The fourth-order valence-corrected chi connectivity index (χ4v) is 2.26. The summed E-state index contributed by atoms with van der Waals surface area (Å²) in [6.07, 6.45) is 5.95. The largest absolute Gasteiger partial charge is 0.0654 e. The second-order valence-electron chi connectivity index (χ2n) is 5.05. The second-order valence-corrected chi connectivity index (χ2v) is 5.05. The molecule has 0 aliphatic rings. The Hall–Kier alpha value is -1.82. The Morgan fingerprint density at radius 2 is 1.79 bits per heavy atom. The molecule has 2 aromatic rings. The first-order valence-corrected chi connectivity index (χ1v) is 7.12. The van der Waals surface area contributed by atoms with Crippen molar-refractivity contribution in [2.24, 2.45) is 0 Å². The van der Waals surface area contributed by atoms with Gasteiger partial charge in [-0.1, -0.05) is 79.6 Å². The molecule has 0 amide bonds. The number of rotatable bonds is 5. The van der Waals surface area contributed by atoms with Gasteiger partial charge in [0.2, 0.25) is 0 Å². The summed E-state index contributed by atoms with van der Waals surface area (Å²) in [7, 11) is 0. The highest BCUT2D eigenvalue weighted by Gasteiger charge is 2.02. The molecule has 0 saturated heterocycles. The minimum Gasteiger partial charge on any atom is -0.0654 e. The number of allylic oxidation sites excluding steroid dienone is 1. The molecule has 98 valence electrons. The van der Waals surface area contributed by atoms with Crippen LogP contribution in [0, 0.1) is 6.92 Å². The van der Waals surface area contributed by atoms with Crippen molar-refractivity contribution in [1.82, 2.24) is 0 Å². The van der Waals surface area contributed by atoms with Gasteiger partial charge in [-0.2, -0.15) is 0 Å². The summed E-state index contributed by atoms with van der Waals surface area (Å²) in [5.41, 5.74) is 5.41. The second kappa shape index (κ2) is 6.94. The molecule has 0 aliphatic carbocycles. The Labute approximate surface area is 116 Å². The highest BCUT2D eigenvalue weighted by Crippen LogP contribution is 2.24. The number of unbranched alkanes of at least 4 members (excludes halogenated alkanes) is 1. The first-order valence-electron chi connectivity index (χ1n) is 7.12. The van der Waals surface area contributed by atoms with Crippen LogP contribution in [0.5, 0.6) is 0 Å². The maximum Gasteiger partial charge on any atom is -0.0222 e.